The molecule has 4 aromatic rings. The van der Waals surface area contributed by atoms with Crippen LogP contribution in [0.25, 0.3) is 10.9 Å². The van der Waals surface area contributed by atoms with Crippen LogP contribution in [0.1, 0.15) is 29.6 Å². The van der Waals surface area contributed by atoms with E-state index in [1.54, 1.807) is 23.6 Å². The predicted molar refractivity (Wildman–Crippen MR) is 125 cm³/mol. The van der Waals surface area contributed by atoms with Crippen LogP contribution in [-0.4, -0.2) is 20.9 Å². The van der Waals surface area contributed by atoms with Crippen molar-refractivity contribution in [3.05, 3.63) is 70.5 Å². The molecule has 0 aliphatic carbocycles. The lowest BCUT2D eigenvalue weighted by Gasteiger charge is -2.21. The molecule has 7 heteroatoms. The van der Waals surface area contributed by atoms with E-state index < -0.39 is 0 Å². The molecule has 30 heavy (non-hydrogen) atoms. The van der Waals surface area contributed by atoms with Gasteiger partial charge in [0.25, 0.3) is 0 Å². The number of nitrogens with zero attached hydrogens (tertiary/aromatic N) is 4. The number of aryl methyl sites for hydroxylation is 2. The normalized spacial score (nSPS) is 11.1. The maximum absolute atomic E-state index is 12.5. The van der Waals surface area contributed by atoms with Gasteiger partial charge in [0.2, 0.25) is 5.91 Å². The minimum Gasteiger partial charge on any atom is -0.274 e. The first-order valence-corrected chi connectivity index (χ1v) is 11.5. The number of thiazole rings is 1. The Morgan fingerprint density at radius 3 is 2.63 bits per heavy atom. The van der Waals surface area contributed by atoms with Gasteiger partial charge in [0.15, 0.2) is 5.13 Å². The highest BCUT2D eigenvalue weighted by Gasteiger charge is 2.20. The van der Waals surface area contributed by atoms with Gasteiger partial charge in [0.05, 0.1) is 16.9 Å². The summed E-state index contributed by atoms with van der Waals surface area (Å²) in [6.45, 7) is 7.57. The van der Waals surface area contributed by atoms with Crippen LogP contribution in [-0.2, 0) is 10.5 Å². The van der Waals surface area contributed by atoms with E-state index in [4.69, 9.17) is 4.98 Å². The Hall–Kier alpha value is -2.77. The highest BCUT2D eigenvalue weighted by molar-refractivity contribution is 7.98. The largest absolute Gasteiger partial charge is 0.274 e. The summed E-state index contributed by atoms with van der Waals surface area (Å²) in [6, 6.07) is 14.0. The molecule has 0 aliphatic heterocycles. The van der Waals surface area contributed by atoms with Crippen LogP contribution in [0, 0.1) is 20.8 Å². The van der Waals surface area contributed by atoms with Crippen LogP contribution in [0.15, 0.2) is 52.9 Å². The Morgan fingerprint density at radius 2 is 1.83 bits per heavy atom. The lowest BCUT2D eigenvalue weighted by Crippen LogP contribution is -2.23. The van der Waals surface area contributed by atoms with Gasteiger partial charge in [-0.25, -0.2) is 15.0 Å². The Bertz CT molecular complexity index is 1240. The first kappa shape index (κ1) is 20.5. The summed E-state index contributed by atoms with van der Waals surface area (Å²) in [5.41, 5.74) is 4.99. The third-order valence-electron chi connectivity index (χ3n) is 4.90. The van der Waals surface area contributed by atoms with Crippen molar-refractivity contribution in [1.82, 2.24) is 15.0 Å². The monoisotopic (exact) mass is 434 g/mol. The number of rotatable bonds is 5. The van der Waals surface area contributed by atoms with E-state index >= 15 is 0 Å². The van der Waals surface area contributed by atoms with E-state index in [-0.39, 0.29) is 5.91 Å². The first-order valence-electron chi connectivity index (χ1n) is 9.61. The van der Waals surface area contributed by atoms with Crippen molar-refractivity contribution in [2.24, 2.45) is 0 Å². The summed E-state index contributed by atoms with van der Waals surface area (Å²) in [5.74, 6) is 1.39. The van der Waals surface area contributed by atoms with E-state index in [1.807, 2.05) is 55.6 Å². The van der Waals surface area contributed by atoms with E-state index in [9.17, 15) is 4.79 Å². The number of anilines is 2. The molecule has 152 valence electrons. The van der Waals surface area contributed by atoms with E-state index in [0.29, 0.717) is 10.9 Å². The number of fused-ring (bicyclic) bond motifs is 1. The topological polar surface area (TPSA) is 59.0 Å². The number of thioether (sulfide) groups is 1. The van der Waals surface area contributed by atoms with Crippen LogP contribution in [0.3, 0.4) is 0 Å². The molecule has 2 aromatic heterocycles. The fourth-order valence-corrected chi connectivity index (χ4v) is 5.20. The molecule has 0 aliphatic rings. The quantitative estimate of drug-likeness (QED) is 0.285. The molecule has 0 atom stereocenters. The van der Waals surface area contributed by atoms with Gasteiger partial charge in [-0.3, -0.25) is 9.69 Å². The molecule has 0 bridgehead atoms. The number of hydrogen-bond acceptors (Lipinski definition) is 6. The van der Waals surface area contributed by atoms with Crippen LogP contribution < -0.4 is 4.90 Å². The zero-order valence-electron chi connectivity index (χ0n) is 17.3. The van der Waals surface area contributed by atoms with E-state index in [2.05, 4.69) is 23.0 Å². The summed E-state index contributed by atoms with van der Waals surface area (Å²) in [6.07, 6.45) is 0. The van der Waals surface area contributed by atoms with Crippen molar-refractivity contribution in [3.8, 4) is 0 Å². The van der Waals surface area contributed by atoms with Crippen LogP contribution in [0.5, 0.6) is 0 Å². The van der Waals surface area contributed by atoms with E-state index in [1.165, 1.54) is 11.3 Å². The lowest BCUT2D eigenvalue weighted by atomic mass is 10.1. The van der Waals surface area contributed by atoms with Crippen molar-refractivity contribution in [2.45, 2.75) is 38.5 Å². The first-order chi connectivity index (χ1) is 14.4. The number of carbonyl (C=O) groups is 1. The zero-order valence-corrected chi connectivity index (χ0v) is 19.0. The molecular formula is C23H22N4OS2. The fraction of sp³-hybridized carbons (Fsp3) is 0.217. The minimum atomic E-state index is -0.0466. The van der Waals surface area contributed by atoms with Gasteiger partial charge in [0, 0.05) is 23.4 Å². The standard InChI is InChI=1S/C23H22N4OS2/c1-14-8-7-11-21(15(14)2)27(17(4)28)23-26-18(13-30-23)12-29-22-19-9-5-6-10-20(19)24-16(3)25-22/h5-11,13H,12H2,1-4H3. The molecule has 5 nitrogen and oxygen atoms in total. The fourth-order valence-electron chi connectivity index (χ4n) is 3.26. The molecule has 0 saturated carbocycles. The van der Waals surface area contributed by atoms with Crippen molar-refractivity contribution < 1.29 is 4.79 Å². The van der Waals surface area contributed by atoms with Crippen molar-refractivity contribution in [3.63, 3.8) is 0 Å². The molecule has 4 rings (SSSR count). The summed E-state index contributed by atoms with van der Waals surface area (Å²) in [7, 11) is 0. The van der Waals surface area contributed by atoms with Crippen molar-refractivity contribution in [2.75, 3.05) is 4.90 Å². The Kier molecular flexibility index (Phi) is 5.83. The third-order valence-corrected chi connectivity index (χ3v) is 6.80. The Labute approximate surface area is 184 Å². The molecule has 2 aromatic carbocycles. The molecule has 1 amide bonds. The summed E-state index contributed by atoms with van der Waals surface area (Å²) in [5, 5.41) is 4.70. The average Bonchev–Trinajstić information content (AvgIpc) is 3.17. The molecule has 0 unspecified atom stereocenters. The second-order valence-electron chi connectivity index (χ2n) is 7.08. The predicted octanol–water partition coefficient (Wildman–Crippen LogP) is 5.99. The second-order valence-corrected chi connectivity index (χ2v) is 8.88. The number of hydrogen-bond donors (Lipinski definition) is 0. The number of aromatic nitrogens is 3. The molecule has 0 saturated heterocycles. The number of para-hydroxylation sites is 1. The maximum atomic E-state index is 12.5. The number of benzene rings is 2. The molecule has 0 spiro atoms. The summed E-state index contributed by atoms with van der Waals surface area (Å²) >= 11 is 3.13. The molecule has 0 N–H and O–H groups in total. The molecule has 0 radical (unpaired) electrons. The number of carbonyl (C=O) groups excluding carboxylic acids is 1. The molecule has 0 fully saturated rings. The smallest absolute Gasteiger partial charge is 0.230 e. The van der Waals surface area contributed by atoms with Gasteiger partial charge in [-0.2, -0.15) is 0 Å². The Balaban J connectivity index is 1.60. The maximum Gasteiger partial charge on any atom is 0.230 e. The van der Waals surface area contributed by atoms with Crippen LogP contribution in [0.4, 0.5) is 10.8 Å². The SMILES string of the molecule is CC(=O)N(c1nc(CSc2nc(C)nc3ccccc23)cs1)c1cccc(C)c1C. The van der Waals surface area contributed by atoms with Gasteiger partial charge in [-0.05, 0) is 44.0 Å². The van der Waals surface area contributed by atoms with Crippen LogP contribution in [0.2, 0.25) is 0 Å². The minimum absolute atomic E-state index is 0.0466. The van der Waals surface area contributed by atoms with Gasteiger partial charge < -0.3 is 0 Å². The Morgan fingerprint density at radius 1 is 1.03 bits per heavy atom. The van der Waals surface area contributed by atoms with Gasteiger partial charge in [-0.15, -0.1) is 11.3 Å². The van der Waals surface area contributed by atoms with Crippen LogP contribution >= 0.6 is 23.1 Å². The molecular weight excluding hydrogens is 412 g/mol. The van der Waals surface area contributed by atoms with E-state index in [0.717, 1.165) is 44.3 Å². The van der Waals surface area contributed by atoms with Gasteiger partial charge in [0.1, 0.15) is 10.9 Å². The highest BCUT2D eigenvalue weighted by atomic mass is 32.2. The van der Waals surface area contributed by atoms with Gasteiger partial charge >= 0.3 is 0 Å². The van der Waals surface area contributed by atoms with Gasteiger partial charge in [-0.1, -0.05) is 42.1 Å². The lowest BCUT2D eigenvalue weighted by molar-refractivity contribution is -0.115. The molecule has 2 heterocycles. The van der Waals surface area contributed by atoms with Crippen molar-refractivity contribution in [1.29, 1.82) is 0 Å². The zero-order chi connectivity index (χ0) is 21.3. The highest BCUT2D eigenvalue weighted by Crippen LogP contribution is 2.34. The summed E-state index contributed by atoms with van der Waals surface area (Å²) < 4.78 is 0. The van der Waals surface area contributed by atoms with Crippen molar-refractivity contribution >= 4 is 50.7 Å². The number of amides is 1. The average molecular weight is 435 g/mol. The third kappa shape index (κ3) is 4.08. The second kappa shape index (κ2) is 8.53. The summed E-state index contributed by atoms with van der Waals surface area (Å²) in [4.78, 5) is 28.0.